The topological polar surface area (TPSA) is 74.8 Å². The molecular formula is C23H28N4O3. The summed E-state index contributed by atoms with van der Waals surface area (Å²) >= 11 is 0. The number of nitrogens with zero attached hydrogens (tertiary/aromatic N) is 3. The van der Waals surface area contributed by atoms with Gasteiger partial charge in [0, 0.05) is 19.1 Å². The molecule has 1 aromatic heterocycles. The zero-order valence-electron chi connectivity index (χ0n) is 17.3. The van der Waals surface area contributed by atoms with Gasteiger partial charge in [0.15, 0.2) is 0 Å². The predicted molar refractivity (Wildman–Crippen MR) is 116 cm³/mol. The van der Waals surface area contributed by atoms with E-state index < -0.39 is 0 Å². The van der Waals surface area contributed by atoms with Crippen molar-refractivity contribution in [1.29, 1.82) is 0 Å². The van der Waals surface area contributed by atoms with E-state index in [9.17, 15) is 9.59 Å². The molecule has 1 aliphatic carbocycles. The standard InChI is InChI=1S/C23H28N4O3/c1-30-20-9-5-6-17(14-20)15-22(28)25-18-10-11-21(24-16-18)27-13-12-26(23(27)29)19-7-3-2-4-8-19/h5-6,9-11,14,16,19H,2-4,7-8,12-13,15H2,1H3,(H,25,28). The number of hydrogen-bond donors (Lipinski definition) is 1. The summed E-state index contributed by atoms with van der Waals surface area (Å²) in [6, 6.07) is 11.4. The number of anilines is 2. The average molecular weight is 409 g/mol. The van der Waals surface area contributed by atoms with E-state index in [1.54, 1.807) is 30.3 Å². The van der Waals surface area contributed by atoms with Gasteiger partial charge in [-0.25, -0.2) is 9.78 Å². The largest absolute Gasteiger partial charge is 0.497 e. The first-order valence-electron chi connectivity index (χ1n) is 10.6. The van der Waals surface area contributed by atoms with E-state index in [4.69, 9.17) is 4.74 Å². The van der Waals surface area contributed by atoms with Crippen LogP contribution in [0.3, 0.4) is 0 Å². The quantitative estimate of drug-likeness (QED) is 0.788. The molecule has 1 saturated carbocycles. The van der Waals surface area contributed by atoms with Gasteiger partial charge >= 0.3 is 6.03 Å². The highest BCUT2D eigenvalue weighted by molar-refractivity contribution is 5.94. The van der Waals surface area contributed by atoms with E-state index in [0.29, 0.717) is 24.1 Å². The Morgan fingerprint density at radius 1 is 1.17 bits per heavy atom. The van der Waals surface area contributed by atoms with Gasteiger partial charge in [0.2, 0.25) is 5.91 Å². The lowest BCUT2D eigenvalue weighted by atomic mass is 9.94. The van der Waals surface area contributed by atoms with Gasteiger partial charge in [0.05, 0.1) is 25.4 Å². The lowest BCUT2D eigenvalue weighted by Crippen LogP contribution is -2.40. The van der Waals surface area contributed by atoms with E-state index in [1.165, 1.54) is 19.3 Å². The van der Waals surface area contributed by atoms with E-state index in [0.717, 1.165) is 30.7 Å². The Kier molecular flexibility index (Phi) is 6.16. The predicted octanol–water partition coefficient (Wildman–Crippen LogP) is 3.85. The minimum atomic E-state index is -0.126. The van der Waals surface area contributed by atoms with Crippen LogP contribution in [0, 0.1) is 0 Å². The van der Waals surface area contributed by atoms with Crippen LogP contribution in [0.5, 0.6) is 5.75 Å². The number of amides is 3. The lowest BCUT2D eigenvalue weighted by molar-refractivity contribution is -0.115. The Bertz CT molecular complexity index is 894. The van der Waals surface area contributed by atoms with Crippen molar-refractivity contribution in [2.45, 2.75) is 44.6 Å². The van der Waals surface area contributed by atoms with Crippen LogP contribution in [0.25, 0.3) is 0 Å². The highest BCUT2D eigenvalue weighted by Gasteiger charge is 2.35. The molecule has 1 aliphatic heterocycles. The number of carbonyl (C=O) groups excluding carboxylic acids is 2. The number of hydrogen-bond acceptors (Lipinski definition) is 4. The van der Waals surface area contributed by atoms with Gasteiger partial charge < -0.3 is 15.0 Å². The maximum absolute atomic E-state index is 12.9. The molecule has 7 nitrogen and oxygen atoms in total. The number of ether oxygens (including phenoxy) is 1. The van der Waals surface area contributed by atoms with Gasteiger partial charge in [0.25, 0.3) is 0 Å². The number of aromatic nitrogens is 1. The first-order valence-corrected chi connectivity index (χ1v) is 10.6. The molecule has 2 heterocycles. The van der Waals surface area contributed by atoms with Gasteiger partial charge in [-0.1, -0.05) is 31.4 Å². The Morgan fingerprint density at radius 2 is 2.00 bits per heavy atom. The number of benzene rings is 1. The van der Waals surface area contributed by atoms with E-state index in [-0.39, 0.29) is 18.4 Å². The minimum absolute atomic E-state index is 0.0456. The average Bonchev–Trinajstić information content (AvgIpc) is 3.16. The minimum Gasteiger partial charge on any atom is -0.497 e. The van der Waals surface area contributed by atoms with Crippen LogP contribution >= 0.6 is 0 Å². The summed E-state index contributed by atoms with van der Waals surface area (Å²) in [4.78, 5) is 33.4. The summed E-state index contributed by atoms with van der Waals surface area (Å²) < 4.78 is 5.19. The van der Waals surface area contributed by atoms with Crippen molar-refractivity contribution >= 4 is 23.4 Å². The van der Waals surface area contributed by atoms with Crippen LogP contribution < -0.4 is 15.0 Å². The number of carbonyl (C=O) groups is 2. The second-order valence-corrected chi connectivity index (χ2v) is 7.90. The van der Waals surface area contributed by atoms with Crippen LogP contribution in [0.1, 0.15) is 37.7 Å². The summed E-state index contributed by atoms with van der Waals surface area (Å²) in [6.07, 6.45) is 7.74. The summed E-state index contributed by atoms with van der Waals surface area (Å²) in [5, 5.41) is 2.86. The second kappa shape index (κ2) is 9.15. The highest BCUT2D eigenvalue weighted by Crippen LogP contribution is 2.28. The van der Waals surface area contributed by atoms with Crippen LogP contribution in [0.15, 0.2) is 42.6 Å². The van der Waals surface area contributed by atoms with Gasteiger partial charge in [0.1, 0.15) is 11.6 Å². The fraction of sp³-hybridized carbons (Fsp3) is 0.435. The number of nitrogens with one attached hydrogen (secondary N) is 1. The van der Waals surface area contributed by atoms with Crippen molar-refractivity contribution in [3.8, 4) is 5.75 Å². The fourth-order valence-electron chi connectivity index (χ4n) is 4.29. The lowest BCUT2D eigenvalue weighted by Gasteiger charge is -2.30. The zero-order chi connectivity index (χ0) is 20.9. The molecule has 1 N–H and O–H groups in total. The van der Waals surface area contributed by atoms with Crippen LogP contribution in [-0.4, -0.2) is 48.1 Å². The molecule has 2 aliphatic rings. The fourth-order valence-corrected chi connectivity index (χ4v) is 4.29. The van der Waals surface area contributed by atoms with Crippen molar-refractivity contribution < 1.29 is 14.3 Å². The maximum Gasteiger partial charge on any atom is 0.326 e. The van der Waals surface area contributed by atoms with Gasteiger partial charge in [-0.3, -0.25) is 9.69 Å². The van der Waals surface area contributed by atoms with Gasteiger partial charge in [-0.2, -0.15) is 0 Å². The number of pyridine rings is 1. The molecule has 0 spiro atoms. The van der Waals surface area contributed by atoms with Gasteiger partial charge in [-0.05, 0) is 42.7 Å². The summed E-state index contributed by atoms with van der Waals surface area (Å²) in [5.74, 6) is 1.23. The summed E-state index contributed by atoms with van der Waals surface area (Å²) in [7, 11) is 1.60. The molecule has 0 atom stereocenters. The molecule has 0 bridgehead atoms. The van der Waals surface area contributed by atoms with Crippen molar-refractivity contribution in [1.82, 2.24) is 9.88 Å². The Morgan fingerprint density at radius 3 is 2.73 bits per heavy atom. The zero-order valence-corrected chi connectivity index (χ0v) is 17.3. The Hall–Kier alpha value is -3.09. The number of urea groups is 1. The van der Waals surface area contributed by atoms with E-state index >= 15 is 0 Å². The normalized spacial score (nSPS) is 17.3. The third-order valence-electron chi connectivity index (χ3n) is 5.86. The second-order valence-electron chi connectivity index (χ2n) is 7.90. The third-order valence-corrected chi connectivity index (χ3v) is 5.86. The molecule has 30 heavy (non-hydrogen) atoms. The molecule has 7 heteroatoms. The first-order chi connectivity index (χ1) is 14.6. The maximum atomic E-state index is 12.9. The molecule has 1 saturated heterocycles. The summed E-state index contributed by atoms with van der Waals surface area (Å²) in [5.41, 5.74) is 1.49. The SMILES string of the molecule is COc1cccc(CC(=O)Nc2ccc(N3CCN(C4CCCCC4)C3=O)nc2)c1. The van der Waals surface area contributed by atoms with E-state index in [2.05, 4.69) is 10.3 Å². The monoisotopic (exact) mass is 408 g/mol. The third kappa shape index (κ3) is 4.56. The number of rotatable bonds is 6. The molecule has 0 unspecified atom stereocenters. The van der Waals surface area contributed by atoms with Crippen LogP contribution in [-0.2, 0) is 11.2 Å². The van der Waals surface area contributed by atoms with Crippen molar-refractivity contribution in [2.24, 2.45) is 0 Å². The molecule has 4 rings (SSSR count). The molecular weight excluding hydrogens is 380 g/mol. The molecule has 1 aromatic carbocycles. The van der Waals surface area contributed by atoms with Crippen molar-refractivity contribution in [3.63, 3.8) is 0 Å². The molecule has 2 fully saturated rings. The molecule has 158 valence electrons. The number of methoxy groups -OCH3 is 1. The summed E-state index contributed by atoms with van der Waals surface area (Å²) in [6.45, 7) is 1.41. The smallest absolute Gasteiger partial charge is 0.326 e. The molecule has 2 aromatic rings. The van der Waals surface area contributed by atoms with Crippen molar-refractivity contribution in [3.05, 3.63) is 48.2 Å². The molecule has 0 radical (unpaired) electrons. The van der Waals surface area contributed by atoms with Gasteiger partial charge in [-0.15, -0.1) is 0 Å². The Labute approximate surface area is 177 Å². The van der Waals surface area contributed by atoms with Crippen molar-refractivity contribution in [2.75, 3.05) is 30.4 Å². The van der Waals surface area contributed by atoms with E-state index in [1.807, 2.05) is 29.2 Å². The van der Waals surface area contributed by atoms with Crippen LogP contribution in [0.4, 0.5) is 16.3 Å². The Balaban J connectivity index is 1.34. The highest BCUT2D eigenvalue weighted by atomic mass is 16.5. The molecule has 3 amide bonds. The first kappa shape index (κ1) is 20.2. The van der Waals surface area contributed by atoms with Crippen LogP contribution in [0.2, 0.25) is 0 Å².